The van der Waals surface area contributed by atoms with E-state index in [2.05, 4.69) is 5.32 Å². The molecule has 1 saturated heterocycles. The third-order valence-electron chi connectivity index (χ3n) is 7.00. The fourth-order valence-electron chi connectivity index (χ4n) is 6.11. The molecule has 1 heterocycles. The number of carbonyl (C=O) groups is 2. The van der Waals surface area contributed by atoms with Crippen LogP contribution in [0.3, 0.4) is 0 Å². The van der Waals surface area contributed by atoms with Gasteiger partial charge in [-0.2, -0.15) is 0 Å². The van der Waals surface area contributed by atoms with E-state index >= 15 is 0 Å². The van der Waals surface area contributed by atoms with Crippen molar-refractivity contribution in [3.05, 3.63) is 0 Å². The molecule has 114 valence electrons. The molecule has 4 nitrogen and oxygen atoms in total. The summed E-state index contributed by atoms with van der Waals surface area (Å²) in [4.78, 5) is 26.5. The van der Waals surface area contributed by atoms with Gasteiger partial charge in [0.05, 0.1) is 12.5 Å². The Morgan fingerprint density at radius 2 is 1.62 bits per heavy atom. The monoisotopic (exact) mass is 288 g/mol. The molecule has 5 aliphatic rings. The van der Waals surface area contributed by atoms with Crippen LogP contribution >= 0.6 is 0 Å². The van der Waals surface area contributed by atoms with Crippen molar-refractivity contribution < 1.29 is 9.59 Å². The van der Waals surface area contributed by atoms with Gasteiger partial charge in [0.25, 0.3) is 0 Å². The van der Waals surface area contributed by atoms with Gasteiger partial charge in [0.15, 0.2) is 0 Å². The highest BCUT2D eigenvalue weighted by Crippen LogP contribution is 2.65. The highest BCUT2D eigenvalue weighted by atomic mass is 16.2. The van der Waals surface area contributed by atoms with Crippen molar-refractivity contribution in [2.45, 2.75) is 69.5 Å². The minimum Gasteiger partial charge on any atom is -0.302 e. The summed E-state index contributed by atoms with van der Waals surface area (Å²) < 4.78 is 0. The lowest BCUT2D eigenvalue weighted by Crippen LogP contribution is -2.44. The zero-order valence-electron chi connectivity index (χ0n) is 12.5. The summed E-state index contributed by atoms with van der Waals surface area (Å²) in [5, 5.41) is 3.58. The quantitative estimate of drug-likeness (QED) is 0.804. The van der Waals surface area contributed by atoms with Gasteiger partial charge in [-0.05, 0) is 55.8 Å². The summed E-state index contributed by atoms with van der Waals surface area (Å²) >= 11 is 0. The molecule has 0 aromatic rings. The fourth-order valence-corrected chi connectivity index (χ4v) is 6.11. The standard InChI is InChI=1S/C17H24N2O2/c20-13-8-12(17(21)19(13)11-3-1-2-4-11)18-16-14-9-5-6-10(7-9)15(14)16/h9-12,14-16,18H,1-8H2. The van der Waals surface area contributed by atoms with Gasteiger partial charge in [-0.15, -0.1) is 0 Å². The Morgan fingerprint density at radius 3 is 2.29 bits per heavy atom. The Kier molecular flexibility index (Phi) is 2.59. The number of likely N-dealkylation sites (tertiary alicyclic amines) is 1. The number of fused-ring (bicyclic) bond motifs is 5. The van der Waals surface area contributed by atoms with Crippen molar-refractivity contribution in [3.63, 3.8) is 0 Å². The number of hydrogen-bond acceptors (Lipinski definition) is 3. The van der Waals surface area contributed by atoms with Gasteiger partial charge in [-0.25, -0.2) is 0 Å². The van der Waals surface area contributed by atoms with Crippen LogP contribution in [0.25, 0.3) is 0 Å². The van der Waals surface area contributed by atoms with Crippen LogP contribution < -0.4 is 5.32 Å². The average Bonchev–Trinajstić information content (AvgIpc) is 2.98. The van der Waals surface area contributed by atoms with Crippen LogP contribution in [0.5, 0.6) is 0 Å². The highest BCUT2D eigenvalue weighted by molar-refractivity contribution is 6.05. The number of nitrogens with one attached hydrogen (secondary N) is 1. The smallest absolute Gasteiger partial charge is 0.247 e. The van der Waals surface area contributed by atoms with Crippen LogP contribution in [-0.4, -0.2) is 34.8 Å². The molecule has 2 bridgehead atoms. The number of imide groups is 1. The van der Waals surface area contributed by atoms with E-state index in [1.54, 1.807) is 4.90 Å². The molecule has 4 aliphatic carbocycles. The van der Waals surface area contributed by atoms with Gasteiger partial charge in [-0.1, -0.05) is 12.8 Å². The normalized spacial score (nSPS) is 48.5. The summed E-state index contributed by atoms with van der Waals surface area (Å²) in [5.41, 5.74) is 0. The zero-order chi connectivity index (χ0) is 14.1. The second-order valence-electron chi connectivity index (χ2n) is 7.98. The SMILES string of the molecule is O=C1CC(NC2C3C4CCC(C4)C23)C(=O)N1C1CCCC1. The minimum absolute atomic E-state index is 0.0678. The Bertz CT molecular complexity index is 483. The molecule has 21 heavy (non-hydrogen) atoms. The summed E-state index contributed by atoms with van der Waals surface area (Å²) in [6, 6.07) is 0.529. The van der Waals surface area contributed by atoms with Gasteiger partial charge in [0.1, 0.15) is 0 Å². The van der Waals surface area contributed by atoms with Crippen LogP contribution in [0.4, 0.5) is 0 Å². The maximum Gasteiger partial charge on any atom is 0.247 e. The molecule has 0 aromatic heterocycles. The lowest BCUT2D eigenvalue weighted by atomic mass is 10.0. The molecular formula is C17H24N2O2. The van der Waals surface area contributed by atoms with E-state index < -0.39 is 0 Å². The molecule has 4 heteroatoms. The van der Waals surface area contributed by atoms with Crippen molar-refractivity contribution in [2.75, 3.05) is 0 Å². The second kappa shape index (κ2) is 4.31. The van der Waals surface area contributed by atoms with E-state index in [0.717, 1.165) is 49.4 Å². The Balaban J connectivity index is 1.27. The largest absolute Gasteiger partial charge is 0.302 e. The highest BCUT2D eigenvalue weighted by Gasteiger charge is 2.65. The Hall–Kier alpha value is -0.900. The maximum atomic E-state index is 12.6. The first-order chi connectivity index (χ1) is 10.2. The van der Waals surface area contributed by atoms with Crippen molar-refractivity contribution in [1.82, 2.24) is 10.2 Å². The van der Waals surface area contributed by atoms with Gasteiger partial charge >= 0.3 is 0 Å². The lowest BCUT2D eigenvalue weighted by molar-refractivity contribution is -0.141. The fraction of sp³-hybridized carbons (Fsp3) is 0.882. The first kappa shape index (κ1) is 12.6. The predicted octanol–water partition coefficient (Wildman–Crippen LogP) is 1.69. The number of rotatable bonds is 3. The topological polar surface area (TPSA) is 49.4 Å². The number of nitrogens with zero attached hydrogens (tertiary/aromatic N) is 1. The molecule has 5 atom stereocenters. The van der Waals surface area contributed by atoms with E-state index in [1.165, 1.54) is 19.3 Å². The van der Waals surface area contributed by atoms with E-state index in [-0.39, 0.29) is 23.9 Å². The van der Waals surface area contributed by atoms with Crippen LogP contribution in [0, 0.1) is 23.7 Å². The van der Waals surface area contributed by atoms with Crippen LogP contribution in [0.15, 0.2) is 0 Å². The van der Waals surface area contributed by atoms with Crippen molar-refractivity contribution in [2.24, 2.45) is 23.7 Å². The van der Waals surface area contributed by atoms with Crippen LogP contribution in [0.2, 0.25) is 0 Å². The van der Waals surface area contributed by atoms with Crippen molar-refractivity contribution >= 4 is 11.8 Å². The van der Waals surface area contributed by atoms with Gasteiger partial charge in [-0.3, -0.25) is 14.5 Å². The predicted molar refractivity (Wildman–Crippen MR) is 77.2 cm³/mol. The van der Waals surface area contributed by atoms with Gasteiger partial charge < -0.3 is 5.32 Å². The molecule has 0 spiro atoms. The molecular weight excluding hydrogens is 264 g/mol. The van der Waals surface area contributed by atoms with Crippen LogP contribution in [-0.2, 0) is 9.59 Å². The average molecular weight is 288 g/mol. The summed E-state index contributed by atoms with van der Waals surface area (Å²) in [7, 11) is 0. The third kappa shape index (κ3) is 1.71. The number of amides is 2. The maximum absolute atomic E-state index is 12.6. The molecule has 1 aliphatic heterocycles. The molecule has 2 amide bonds. The summed E-state index contributed by atoms with van der Waals surface area (Å²) in [5.74, 6) is 3.62. The number of carbonyl (C=O) groups excluding carboxylic acids is 2. The van der Waals surface area contributed by atoms with E-state index in [9.17, 15) is 9.59 Å². The minimum atomic E-state index is -0.215. The third-order valence-corrected chi connectivity index (χ3v) is 7.00. The van der Waals surface area contributed by atoms with Crippen molar-refractivity contribution in [3.8, 4) is 0 Å². The second-order valence-corrected chi connectivity index (χ2v) is 7.98. The molecule has 1 N–H and O–H groups in total. The molecule has 5 unspecified atom stereocenters. The van der Waals surface area contributed by atoms with E-state index in [4.69, 9.17) is 0 Å². The Labute approximate surface area is 125 Å². The Morgan fingerprint density at radius 1 is 0.952 bits per heavy atom. The molecule has 5 rings (SSSR count). The van der Waals surface area contributed by atoms with Gasteiger partial charge in [0.2, 0.25) is 11.8 Å². The van der Waals surface area contributed by atoms with E-state index in [1.807, 2.05) is 0 Å². The molecule has 5 fully saturated rings. The van der Waals surface area contributed by atoms with Gasteiger partial charge in [0, 0.05) is 12.1 Å². The first-order valence-corrected chi connectivity index (χ1v) is 8.86. The lowest BCUT2D eigenvalue weighted by Gasteiger charge is -2.22. The van der Waals surface area contributed by atoms with E-state index in [0.29, 0.717) is 12.5 Å². The zero-order valence-corrected chi connectivity index (χ0v) is 12.5. The number of hydrogen-bond donors (Lipinski definition) is 1. The van der Waals surface area contributed by atoms with Crippen LogP contribution in [0.1, 0.15) is 51.4 Å². The first-order valence-electron chi connectivity index (χ1n) is 8.86. The summed E-state index contributed by atoms with van der Waals surface area (Å²) in [6.45, 7) is 0. The summed E-state index contributed by atoms with van der Waals surface area (Å²) in [6.07, 6.45) is 8.99. The van der Waals surface area contributed by atoms with Crippen molar-refractivity contribution in [1.29, 1.82) is 0 Å². The molecule has 4 saturated carbocycles. The molecule has 0 radical (unpaired) electrons. The molecule has 0 aromatic carbocycles.